The first-order valence-electron chi connectivity index (χ1n) is 8.39. The summed E-state index contributed by atoms with van der Waals surface area (Å²) in [4.78, 5) is 19.7. The number of carbonyl (C=O) groups is 1. The summed E-state index contributed by atoms with van der Waals surface area (Å²) in [5, 5.41) is 0.947. The molecule has 138 valence electrons. The fraction of sp³-hybridized carbons (Fsp3) is 0.200. The van der Waals surface area contributed by atoms with Crippen LogP contribution in [-0.4, -0.2) is 15.5 Å². The van der Waals surface area contributed by atoms with Gasteiger partial charge in [0.2, 0.25) is 5.95 Å². The van der Waals surface area contributed by atoms with Crippen molar-refractivity contribution in [3.63, 3.8) is 0 Å². The third kappa shape index (κ3) is 3.08. The molecule has 27 heavy (non-hydrogen) atoms. The van der Waals surface area contributed by atoms with Gasteiger partial charge in [-0.3, -0.25) is 9.36 Å². The second kappa shape index (κ2) is 6.66. The first kappa shape index (κ1) is 18.5. The maximum atomic E-state index is 13.6. The van der Waals surface area contributed by atoms with Gasteiger partial charge in [0.1, 0.15) is 5.54 Å². The molecule has 3 aromatic rings. The molecule has 1 amide bonds. The van der Waals surface area contributed by atoms with Crippen LogP contribution in [-0.2, 0) is 16.8 Å². The molecule has 1 aromatic heterocycles. The summed E-state index contributed by atoms with van der Waals surface area (Å²) < 4.78 is 3.00. The summed E-state index contributed by atoms with van der Waals surface area (Å²) in [6.45, 7) is 3.90. The monoisotopic (exact) mass is 463 g/mol. The summed E-state index contributed by atoms with van der Waals surface area (Å²) >= 11 is 15.8. The van der Waals surface area contributed by atoms with Gasteiger partial charge in [-0.25, -0.2) is 9.88 Å². The average molecular weight is 465 g/mol. The second-order valence-corrected chi connectivity index (χ2v) is 8.67. The van der Waals surface area contributed by atoms with E-state index in [0.29, 0.717) is 28.1 Å². The van der Waals surface area contributed by atoms with E-state index in [0.717, 1.165) is 15.7 Å². The van der Waals surface area contributed by atoms with Gasteiger partial charge in [0.25, 0.3) is 5.91 Å². The van der Waals surface area contributed by atoms with Crippen LogP contribution in [0.1, 0.15) is 18.2 Å². The maximum Gasteiger partial charge on any atom is 0.260 e. The van der Waals surface area contributed by atoms with Crippen LogP contribution >= 0.6 is 39.1 Å². The highest BCUT2D eigenvalue weighted by Crippen LogP contribution is 2.43. The van der Waals surface area contributed by atoms with Crippen molar-refractivity contribution in [1.82, 2.24) is 9.55 Å². The normalized spacial score (nSPS) is 18.9. The molecule has 1 aliphatic heterocycles. The minimum atomic E-state index is -0.793. The number of halogens is 3. The molecule has 4 nitrogen and oxygen atoms in total. The quantitative estimate of drug-likeness (QED) is 0.484. The molecule has 2 heterocycles. The number of carbonyl (C=O) groups excluding carboxylic acids is 1. The number of benzene rings is 2. The number of aromatic nitrogens is 2. The Morgan fingerprint density at radius 1 is 1.11 bits per heavy atom. The molecule has 4 rings (SSSR count). The predicted molar refractivity (Wildman–Crippen MR) is 112 cm³/mol. The van der Waals surface area contributed by atoms with Gasteiger partial charge in [-0.2, -0.15) is 0 Å². The van der Waals surface area contributed by atoms with Crippen molar-refractivity contribution >= 4 is 56.7 Å². The van der Waals surface area contributed by atoms with Crippen LogP contribution in [0.15, 0.2) is 53.1 Å². The van der Waals surface area contributed by atoms with E-state index < -0.39 is 5.54 Å². The van der Waals surface area contributed by atoms with E-state index in [1.165, 1.54) is 0 Å². The van der Waals surface area contributed by atoms with Crippen molar-refractivity contribution in [3.8, 4) is 0 Å². The van der Waals surface area contributed by atoms with Gasteiger partial charge in [-0.15, -0.1) is 0 Å². The highest BCUT2D eigenvalue weighted by molar-refractivity contribution is 9.10. The number of fused-ring (bicyclic) bond motifs is 1. The van der Waals surface area contributed by atoms with Gasteiger partial charge in [0.15, 0.2) is 0 Å². The molecular weight excluding hydrogens is 449 g/mol. The minimum absolute atomic E-state index is 0.0602. The molecule has 0 N–H and O–H groups in total. The standard InChI is InChI=1S/C20H16BrCl2N3O/c1-12-11-24-19-25(17-8-15(22)7-16(23)9-17)18(27)20(2,26(12)19)10-13-3-5-14(21)6-4-13/h3-9,11H,10H2,1-2H3. The van der Waals surface area contributed by atoms with Crippen LogP contribution in [0, 0.1) is 6.92 Å². The third-order valence-corrected chi connectivity index (χ3v) is 5.81. The van der Waals surface area contributed by atoms with E-state index in [1.54, 1.807) is 29.3 Å². The third-order valence-electron chi connectivity index (χ3n) is 4.84. The van der Waals surface area contributed by atoms with E-state index in [4.69, 9.17) is 23.2 Å². The van der Waals surface area contributed by atoms with Crippen LogP contribution < -0.4 is 4.90 Å². The summed E-state index contributed by atoms with van der Waals surface area (Å²) in [6, 6.07) is 13.1. The highest BCUT2D eigenvalue weighted by Gasteiger charge is 2.49. The Kier molecular flexibility index (Phi) is 4.57. The van der Waals surface area contributed by atoms with E-state index in [-0.39, 0.29) is 5.91 Å². The Morgan fingerprint density at radius 3 is 2.37 bits per heavy atom. The molecule has 7 heteroatoms. The summed E-state index contributed by atoms with van der Waals surface area (Å²) in [5.41, 5.74) is 1.81. The zero-order chi connectivity index (χ0) is 19.3. The number of nitrogens with zero attached hydrogens (tertiary/aromatic N) is 3. The molecule has 0 saturated heterocycles. The lowest BCUT2D eigenvalue weighted by Gasteiger charge is -2.26. The molecule has 1 aliphatic rings. The lowest BCUT2D eigenvalue weighted by atomic mass is 9.91. The van der Waals surface area contributed by atoms with Gasteiger partial charge in [-0.1, -0.05) is 51.3 Å². The van der Waals surface area contributed by atoms with Gasteiger partial charge >= 0.3 is 0 Å². The maximum absolute atomic E-state index is 13.6. The SMILES string of the molecule is Cc1cnc2n1C(C)(Cc1ccc(Br)cc1)C(=O)N2c1cc(Cl)cc(Cl)c1. The van der Waals surface area contributed by atoms with Crippen LogP contribution in [0.3, 0.4) is 0 Å². The molecule has 0 fully saturated rings. The Balaban J connectivity index is 1.83. The van der Waals surface area contributed by atoms with Crippen LogP contribution in [0.4, 0.5) is 11.6 Å². The number of imidazole rings is 1. The largest absolute Gasteiger partial charge is 0.299 e. The second-order valence-electron chi connectivity index (χ2n) is 6.88. The van der Waals surface area contributed by atoms with Crippen molar-refractivity contribution < 1.29 is 4.79 Å². The van der Waals surface area contributed by atoms with E-state index in [9.17, 15) is 4.79 Å². The smallest absolute Gasteiger partial charge is 0.260 e. The fourth-order valence-electron chi connectivity index (χ4n) is 3.67. The number of amides is 1. The Morgan fingerprint density at radius 2 is 1.74 bits per heavy atom. The molecule has 0 bridgehead atoms. The van der Waals surface area contributed by atoms with E-state index >= 15 is 0 Å². The van der Waals surface area contributed by atoms with Crippen molar-refractivity contribution in [3.05, 3.63) is 74.4 Å². The van der Waals surface area contributed by atoms with Gasteiger partial charge in [0, 0.05) is 26.6 Å². The number of aryl methyl sites for hydroxylation is 1. The minimum Gasteiger partial charge on any atom is -0.299 e. The fourth-order valence-corrected chi connectivity index (χ4v) is 4.45. The van der Waals surface area contributed by atoms with Crippen molar-refractivity contribution in [1.29, 1.82) is 0 Å². The molecular formula is C20H16BrCl2N3O. The molecule has 1 unspecified atom stereocenters. The van der Waals surface area contributed by atoms with Crippen LogP contribution in [0.2, 0.25) is 10.0 Å². The topological polar surface area (TPSA) is 38.1 Å². The average Bonchev–Trinajstić information content (AvgIpc) is 3.07. The molecule has 0 radical (unpaired) electrons. The molecule has 1 atom stereocenters. The van der Waals surface area contributed by atoms with E-state index in [1.807, 2.05) is 42.7 Å². The number of hydrogen-bond donors (Lipinski definition) is 0. The zero-order valence-corrected chi connectivity index (χ0v) is 17.8. The lowest BCUT2D eigenvalue weighted by Crippen LogP contribution is -2.41. The zero-order valence-electron chi connectivity index (χ0n) is 14.7. The summed E-state index contributed by atoms with van der Waals surface area (Å²) in [5.74, 6) is 0.519. The Hall–Kier alpha value is -1.82. The highest BCUT2D eigenvalue weighted by atomic mass is 79.9. The molecule has 0 saturated carbocycles. The number of anilines is 2. The summed E-state index contributed by atoms with van der Waals surface area (Å²) in [6.07, 6.45) is 2.33. The molecule has 0 aliphatic carbocycles. The first-order chi connectivity index (χ1) is 12.8. The van der Waals surface area contributed by atoms with Crippen LogP contribution in [0.5, 0.6) is 0 Å². The molecule has 2 aromatic carbocycles. The van der Waals surface area contributed by atoms with Gasteiger partial charge < -0.3 is 0 Å². The Bertz CT molecular complexity index is 1030. The number of hydrogen-bond acceptors (Lipinski definition) is 2. The summed E-state index contributed by atoms with van der Waals surface area (Å²) in [7, 11) is 0. The van der Waals surface area contributed by atoms with Crippen molar-refractivity contribution in [2.24, 2.45) is 0 Å². The van der Waals surface area contributed by atoms with E-state index in [2.05, 4.69) is 20.9 Å². The lowest BCUT2D eigenvalue weighted by molar-refractivity contribution is -0.123. The van der Waals surface area contributed by atoms with Gasteiger partial charge in [-0.05, 0) is 49.7 Å². The number of rotatable bonds is 3. The van der Waals surface area contributed by atoms with Gasteiger partial charge in [0.05, 0.1) is 11.9 Å². The molecule has 0 spiro atoms. The van der Waals surface area contributed by atoms with Crippen molar-refractivity contribution in [2.75, 3.05) is 4.90 Å². The van der Waals surface area contributed by atoms with Crippen LogP contribution in [0.25, 0.3) is 0 Å². The predicted octanol–water partition coefficient (Wildman–Crippen LogP) is 5.90. The first-order valence-corrected chi connectivity index (χ1v) is 9.94. The van der Waals surface area contributed by atoms with Crippen molar-refractivity contribution in [2.45, 2.75) is 25.8 Å². The Labute approximate surface area is 175 Å².